The maximum atomic E-state index is 14.3. The number of amides is 2. The predicted octanol–water partition coefficient (Wildman–Crippen LogP) is 4.78. The second kappa shape index (κ2) is 7.44. The Labute approximate surface area is 163 Å². The van der Waals surface area contributed by atoms with Crippen molar-refractivity contribution in [3.63, 3.8) is 0 Å². The SMILES string of the molecule is O=C1C(SCc2ccco2)=C(c2ccccc2)C(=O)N1c1ccc(F)cc1F. The van der Waals surface area contributed by atoms with Crippen LogP contribution in [-0.4, -0.2) is 11.8 Å². The van der Waals surface area contributed by atoms with Gasteiger partial charge in [0.25, 0.3) is 11.8 Å². The summed E-state index contributed by atoms with van der Waals surface area (Å²) in [5.41, 5.74) is 0.456. The predicted molar refractivity (Wildman–Crippen MR) is 102 cm³/mol. The van der Waals surface area contributed by atoms with Crippen LogP contribution in [0.1, 0.15) is 11.3 Å². The second-order valence-corrected chi connectivity index (χ2v) is 6.97. The molecule has 1 aromatic heterocycles. The Bertz CT molecular complexity index is 1080. The summed E-state index contributed by atoms with van der Waals surface area (Å²) in [4.78, 5) is 27.1. The van der Waals surface area contributed by atoms with Crippen LogP contribution in [0.4, 0.5) is 14.5 Å². The van der Waals surface area contributed by atoms with E-state index in [-0.39, 0.29) is 16.2 Å². The quantitative estimate of drug-likeness (QED) is 0.582. The normalized spacial score (nSPS) is 14.3. The van der Waals surface area contributed by atoms with Crippen molar-refractivity contribution in [1.82, 2.24) is 0 Å². The fourth-order valence-electron chi connectivity index (χ4n) is 2.92. The Balaban J connectivity index is 1.76. The summed E-state index contributed by atoms with van der Waals surface area (Å²) in [7, 11) is 0. The lowest BCUT2D eigenvalue weighted by Crippen LogP contribution is -2.32. The first-order chi connectivity index (χ1) is 13.6. The van der Waals surface area contributed by atoms with Gasteiger partial charge in [0.2, 0.25) is 0 Å². The number of carbonyl (C=O) groups is 2. The van der Waals surface area contributed by atoms with Gasteiger partial charge in [0.05, 0.1) is 28.2 Å². The number of anilines is 1. The highest BCUT2D eigenvalue weighted by Crippen LogP contribution is 2.40. The molecule has 0 radical (unpaired) electrons. The minimum atomic E-state index is -0.980. The third-order valence-electron chi connectivity index (χ3n) is 4.19. The smallest absolute Gasteiger partial charge is 0.272 e. The van der Waals surface area contributed by atoms with Crippen LogP contribution in [0.2, 0.25) is 0 Å². The van der Waals surface area contributed by atoms with Crippen molar-refractivity contribution < 1.29 is 22.8 Å². The molecule has 1 aliphatic rings. The topological polar surface area (TPSA) is 50.5 Å². The number of benzene rings is 2. The molecule has 0 N–H and O–H groups in total. The van der Waals surface area contributed by atoms with Gasteiger partial charge in [-0.2, -0.15) is 0 Å². The number of rotatable bonds is 5. The summed E-state index contributed by atoms with van der Waals surface area (Å²) in [5, 5.41) is 0. The Kier molecular flexibility index (Phi) is 4.83. The van der Waals surface area contributed by atoms with Crippen molar-refractivity contribution in [2.45, 2.75) is 5.75 Å². The Morgan fingerprint density at radius 2 is 1.71 bits per heavy atom. The molecule has 4 nitrogen and oxygen atoms in total. The van der Waals surface area contributed by atoms with Gasteiger partial charge < -0.3 is 4.42 Å². The van der Waals surface area contributed by atoms with Crippen LogP contribution in [0.3, 0.4) is 0 Å². The highest BCUT2D eigenvalue weighted by Gasteiger charge is 2.41. The first-order valence-electron chi connectivity index (χ1n) is 8.35. The molecule has 140 valence electrons. The number of halogens is 2. The number of thioether (sulfide) groups is 1. The van der Waals surface area contributed by atoms with Gasteiger partial charge in [-0.05, 0) is 29.8 Å². The second-order valence-electron chi connectivity index (χ2n) is 5.98. The fourth-order valence-corrected chi connectivity index (χ4v) is 3.94. The Morgan fingerprint density at radius 1 is 0.929 bits per heavy atom. The average molecular weight is 397 g/mol. The molecule has 0 fully saturated rings. The van der Waals surface area contributed by atoms with Crippen molar-refractivity contribution >= 4 is 34.8 Å². The third-order valence-corrected chi connectivity index (χ3v) is 5.29. The molecular weight excluding hydrogens is 384 g/mol. The van der Waals surface area contributed by atoms with Crippen LogP contribution in [0.25, 0.3) is 5.57 Å². The number of hydrogen-bond donors (Lipinski definition) is 0. The molecule has 7 heteroatoms. The first kappa shape index (κ1) is 18.2. The zero-order valence-corrected chi connectivity index (χ0v) is 15.2. The molecule has 0 saturated carbocycles. The van der Waals surface area contributed by atoms with E-state index in [9.17, 15) is 18.4 Å². The molecule has 0 saturated heterocycles. The summed E-state index contributed by atoms with van der Waals surface area (Å²) in [6.07, 6.45) is 1.52. The van der Waals surface area contributed by atoms with Crippen molar-refractivity contribution in [3.8, 4) is 0 Å². The zero-order chi connectivity index (χ0) is 19.7. The van der Waals surface area contributed by atoms with Gasteiger partial charge >= 0.3 is 0 Å². The van der Waals surface area contributed by atoms with E-state index in [1.165, 1.54) is 6.26 Å². The van der Waals surface area contributed by atoms with Crippen molar-refractivity contribution in [2.24, 2.45) is 0 Å². The molecule has 28 heavy (non-hydrogen) atoms. The lowest BCUT2D eigenvalue weighted by Gasteiger charge is -2.16. The first-order valence-corrected chi connectivity index (χ1v) is 9.33. The largest absolute Gasteiger partial charge is 0.468 e. The number of furan rings is 1. The molecule has 2 heterocycles. The van der Waals surface area contributed by atoms with Crippen molar-refractivity contribution in [1.29, 1.82) is 0 Å². The third kappa shape index (κ3) is 3.25. The van der Waals surface area contributed by atoms with Gasteiger partial charge in [-0.3, -0.25) is 9.59 Å². The zero-order valence-electron chi connectivity index (χ0n) is 14.4. The fraction of sp³-hybridized carbons (Fsp3) is 0.0476. The average Bonchev–Trinajstić information content (AvgIpc) is 3.28. The van der Waals surface area contributed by atoms with Gasteiger partial charge in [-0.15, -0.1) is 11.8 Å². The van der Waals surface area contributed by atoms with Crippen LogP contribution < -0.4 is 4.90 Å². The van der Waals surface area contributed by atoms with Crippen LogP contribution >= 0.6 is 11.8 Å². The van der Waals surface area contributed by atoms with E-state index < -0.39 is 23.4 Å². The number of carbonyl (C=O) groups excluding carboxylic acids is 2. The van der Waals surface area contributed by atoms with E-state index >= 15 is 0 Å². The highest BCUT2D eigenvalue weighted by atomic mass is 32.2. The molecule has 0 aliphatic carbocycles. The number of nitrogens with zero attached hydrogens (tertiary/aromatic N) is 1. The monoisotopic (exact) mass is 397 g/mol. The van der Waals surface area contributed by atoms with Gasteiger partial charge in [0, 0.05) is 6.07 Å². The van der Waals surface area contributed by atoms with Gasteiger partial charge in [0.1, 0.15) is 17.4 Å². The van der Waals surface area contributed by atoms with Crippen LogP contribution in [0.5, 0.6) is 0 Å². The highest BCUT2D eigenvalue weighted by molar-refractivity contribution is 8.03. The molecular formula is C21H13F2NO3S. The van der Waals surface area contributed by atoms with Gasteiger partial charge in [-0.1, -0.05) is 30.3 Å². The van der Waals surface area contributed by atoms with E-state index in [2.05, 4.69) is 0 Å². The Morgan fingerprint density at radius 3 is 2.39 bits per heavy atom. The van der Waals surface area contributed by atoms with Gasteiger partial charge in [-0.25, -0.2) is 13.7 Å². The maximum absolute atomic E-state index is 14.3. The molecule has 4 rings (SSSR count). The van der Waals surface area contributed by atoms with Crippen LogP contribution in [0, 0.1) is 11.6 Å². The minimum absolute atomic E-state index is 0.186. The van der Waals surface area contributed by atoms with Gasteiger partial charge in [0.15, 0.2) is 0 Å². The van der Waals surface area contributed by atoms with E-state index in [1.807, 2.05) is 0 Å². The van der Waals surface area contributed by atoms with Crippen molar-refractivity contribution in [3.05, 3.63) is 94.8 Å². The number of imide groups is 1. The lowest BCUT2D eigenvalue weighted by molar-refractivity contribution is -0.119. The van der Waals surface area contributed by atoms with E-state index in [0.29, 0.717) is 23.1 Å². The van der Waals surface area contributed by atoms with Crippen LogP contribution in [0.15, 0.2) is 76.2 Å². The summed E-state index contributed by atoms with van der Waals surface area (Å²) < 4.78 is 32.8. The minimum Gasteiger partial charge on any atom is -0.468 e. The Hall–Kier alpha value is -3.19. The molecule has 2 amide bonds. The molecule has 0 spiro atoms. The molecule has 3 aromatic rings. The van der Waals surface area contributed by atoms with E-state index in [4.69, 9.17) is 4.42 Å². The number of hydrogen-bond acceptors (Lipinski definition) is 4. The molecule has 0 unspecified atom stereocenters. The maximum Gasteiger partial charge on any atom is 0.272 e. The summed E-state index contributed by atoms with van der Waals surface area (Å²) >= 11 is 1.14. The standard InChI is InChI=1S/C21H13F2NO3S/c22-14-8-9-17(16(23)11-14)24-20(25)18(13-5-2-1-3-6-13)19(21(24)26)28-12-15-7-4-10-27-15/h1-11H,12H2. The lowest BCUT2D eigenvalue weighted by atomic mass is 10.1. The summed E-state index contributed by atoms with van der Waals surface area (Å²) in [6.45, 7) is 0. The van der Waals surface area contributed by atoms with Crippen molar-refractivity contribution in [2.75, 3.05) is 4.90 Å². The molecule has 0 atom stereocenters. The molecule has 0 bridgehead atoms. The van der Waals surface area contributed by atoms with Crippen LogP contribution in [-0.2, 0) is 15.3 Å². The summed E-state index contributed by atoms with van der Waals surface area (Å²) in [5.74, 6) is -2.10. The van der Waals surface area contributed by atoms with E-state index in [1.54, 1.807) is 42.5 Å². The van der Waals surface area contributed by atoms with E-state index in [0.717, 1.165) is 28.8 Å². The molecule has 1 aliphatic heterocycles. The molecule has 2 aromatic carbocycles. The summed E-state index contributed by atoms with van der Waals surface area (Å²) in [6, 6.07) is 14.9.